The van der Waals surface area contributed by atoms with Crippen LogP contribution in [0.2, 0.25) is 0 Å². The van der Waals surface area contributed by atoms with E-state index in [1.807, 2.05) is 50.2 Å². The Kier molecular flexibility index (Phi) is 5.76. The molecule has 2 rings (SSSR count). The van der Waals surface area contributed by atoms with Crippen molar-refractivity contribution >= 4 is 0 Å². The maximum Gasteiger partial charge on any atom is 0.127 e. The van der Waals surface area contributed by atoms with E-state index in [1.54, 1.807) is 6.07 Å². The molecule has 0 spiro atoms. The van der Waals surface area contributed by atoms with Gasteiger partial charge in [0.2, 0.25) is 0 Å². The number of rotatable bonds is 7. The molecule has 0 saturated heterocycles. The number of halogens is 1. The normalized spacial score (nSPS) is 12.1. The van der Waals surface area contributed by atoms with Crippen molar-refractivity contribution < 1.29 is 9.13 Å². The summed E-state index contributed by atoms with van der Waals surface area (Å²) in [6.45, 7) is 5.33. The van der Waals surface area contributed by atoms with E-state index in [2.05, 4.69) is 5.32 Å². The fraction of sp³-hybridized carbons (Fsp3) is 0.333. The molecule has 0 aliphatic rings. The Hall–Kier alpha value is -1.87. The first kappa shape index (κ1) is 15.5. The van der Waals surface area contributed by atoms with E-state index in [4.69, 9.17) is 4.74 Å². The average Bonchev–Trinajstić information content (AvgIpc) is 2.49. The van der Waals surface area contributed by atoms with Crippen molar-refractivity contribution in [2.24, 2.45) is 0 Å². The second kappa shape index (κ2) is 7.79. The number of aryl methyl sites for hydroxylation is 1. The molecule has 112 valence electrons. The maximum absolute atomic E-state index is 13.8. The molecular weight excluding hydrogens is 265 g/mol. The second-order valence-electron chi connectivity index (χ2n) is 5.10. The molecule has 0 aliphatic heterocycles. The highest BCUT2D eigenvalue weighted by molar-refractivity contribution is 5.27. The maximum atomic E-state index is 13.8. The molecule has 3 heteroatoms. The molecule has 0 radical (unpaired) electrons. The highest BCUT2D eigenvalue weighted by Gasteiger charge is 2.12. The van der Waals surface area contributed by atoms with Gasteiger partial charge in [0, 0.05) is 18.2 Å². The Morgan fingerprint density at radius 1 is 1.14 bits per heavy atom. The van der Waals surface area contributed by atoms with E-state index in [0.717, 1.165) is 17.7 Å². The van der Waals surface area contributed by atoms with Gasteiger partial charge >= 0.3 is 0 Å². The molecule has 2 aromatic rings. The molecule has 1 unspecified atom stereocenters. The summed E-state index contributed by atoms with van der Waals surface area (Å²) in [5.41, 5.74) is 1.90. The first-order chi connectivity index (χ1) is 10.2. The van der Waals surface area contributed by atoms with Crippen molar-refractivity contribution in [3.8, 4) is 5.75 Å². The van der Waals surface area contributed by atoms with Crippen molar-refractivity contribution in [2.75, 3.05) is 13.2 Å². The van der Waals surface area contributed by atoms with Crippen molar-refractivity contribution in [3.05, 3.63) is 65.5 Å². The predicted octanol–water partition coefficient (Wildman–Crippen LogP) is 4.25. The van der Waals surface area contributed by atoms with Crippen molar-refractivity contribution in [1.29, 1.82) is 0 Å². The third-order valence-corrected chi connectivity index (χ3v) is 3.44. The summed E-state index contributed by atoms with van der Waals surface area (Å²) in [5, 5.41) is 3.35. The lowest BCUT2D eigenvalue weighted by molar-refractivity contribution is 0.303. The van der Waals surface area contributed by atoms with Gasteiger partial charge in [-0.05, 0) is 37.1 Å². The van der Waals surface area contributed by atoms with E-state index >= 15 is 0 Å². The number of hydrogen-bond acceptors (Lipinski definition) is 2. The fourth-order valence-corrected chi connectivity index (χ4v) is 2.34. The summed E-state index contributed by atoms with van der Waals surface area (Å²) < 4.78 is 19.5. The van der Waals surface area contributed by atoms with Gasteiger partial charge in [0.1, 0.15) is 18.2 Å². The number of nitrogens with one attached hydrogen (secondary N) is 1. The van der Waals surface area contributed by atoms with Gasteiger partial charge in [-0.25, -0.2) is 4.39 Å². The standard InChI is InChI=1S/C18H22FNO/c1-3-18(16-9-4-5-10-17(16)19)20-11-12-21-15-8-6-7-14(2)13-15/h4-10,13,18,20H,3,11-12H2,1-2H3. The van der Waals surface area contributed by atoms with Crippen molar-refractivity contribution in [3.63, 3.8) is 0 Å². The molecule has 0 fully saturated rings. The Morgan fingerprint density at radius 3 is 2.67 bits per heavy atom. The summed E-state index contributed by atoms with van der Waals surface area (Å²) in [7, 11) is 0. The van der Waals surface area contributed by atoms with Crippen LogP contribution in [0.1, 0.15) is 30.5 Å². The van der Waals surface area contributed by atoms with Crippen LogP contribution in [0.3, 0.4) is 0 Å². The molecular formula is C18H22FNO. The van der Waals surface area contributed by atoms with Crippen LogP contribution in [-0.2, 0) is 0 Å². The molecule has 1 N–H and O–H groups in total. The number of benzene rings is 2. The highest BCUT2D eigenvalue weighted by Crippen LogP contribution is 2.19. The van der Waals surface area contributed by atoms with E-state index in [-0.39, 0.29) is 11.9 Å². The van der Waals surface area contributed by atoms with E-state index in [1.165, 1.54) is 11.6 Å². The minimum Gasteiger partial charge on any atom is -0.492 e. The van der Waals surface area contributed by atoms with E-state index in [9.17, 15) is 4.39 Å². The lowest BCUT2D eigenvalue weighted by atomic mass is 10.0. The highest BCUT2D eigenvalue weighted by atomic mass is 19.1. The van der Waals surface area contributed by atoms with Crippen LogP contribution in [0.5, 0.6) is 5.75 Å². The summed E-state index contributed by atoms with van der Waals surface area (Å²) >= 11 is 0. The molecule has 2 nitrogen and oxygen atoms in total. The molecule has 0 saturated carbocycles. The van der Waals surface area contributed by atoms with Crippen LogP contribution in [0.4, 0.5) is 4.39 Å². The zero-order valence-corrected chi connectivity index (χ0v) is 12.6. The lowest BCUT2D eigenvalue weighted by Gasteiger charge is -2.18. The fourth-order valence-electron chi connectivity index (χ4n) is 2.34. The zero-order valence-electron chi connectivity index (χ0n) is 12.6. The van der Waals surface area contributed by atoms with Gasteiger partial charge in [-0.2, -0.15) is 0 Å². The lowest BCUT2D eigenvalue weighted by Crippen LogP contribution is -2.26. The summed E-state index contributed by atoms with van der Waals surface area (Å²) in [4.78, 5) is 0. The molecule has 0 heterocycles. The second-order valence-corrected chi connectivity index (χ2v) is 5.10. The van der Waals surface area contributed by atoms with E-state index < -0.39 is 0 Å². The van der Waals surface area contributed by atoms with Crippen LogP contribution in [0.15, 0.2) is 48.5 Å². The zero-order chi connectivity index (χ0) is 15.1. The van der Waals surface area contributed by atoms with Crippen LogP contribution >= 0.6 is 0 Å². The Balaban J connectivity index is 1.83. The summed E-state index contributed by atoms with van der Waals surface area (Å²) in [5.74, 6) is 0.715. The summed E-state index contributed by atoms with van der Waals surface area (Å²) in [6, 6.07) is 14.9. The molecule has 0 amide bonds. The van der Waals surface area contributed by atoms with Crippen molar-refractivity contribution in [2.45, 2.75) is 26.3 Å². The van der Waals surface area contributed by atoms with Crippen molar-refractivity contribution in [1.82, 2.24) is 5.32 Å². The Morgan fingerprint density at radius 2 is 1.95 bits per heavy atom. The predicted molar refractivity (Wildman–Crippen MR) is 84.1 cm³/mol. The van der Waals surface area contributed by atoms with Gasteiger partial charge in [0.15, 0.2) is 0 Å². The van der Waals surface area contributed by atoms with Gasteiger partial charge < -0.3 is 10.1 Å². The molecule has 21 heavy (non-hydrogen) atoms. The van der Waals surface area contributed by atoms with E-state index in [0.29, 0.717) is 13.2 Å². The van der Waals surface area contributed by atoms with Gasteiger partial charge in [-0.15, -0.1) is 0 Å². The summed E-state index contributed by atoms with van der Waals surface area (Å²) in [6.07, 6.45) is 0.839. The minimum absolute atomic E-state index is 0.0207. The van der Waals surface area contributed by atoms with Crippen LogP contribution in [-0.4, -0.2) is 13.2 Å². The molecule has 0 aromatic heterocycles. The topological polar surface area (TPSA) is 21.3 Å². The minimum atomic E-state index is -0.156. The SMILES string of the molecule is CCC(NCCOc1cccc(C)c1)c1ccccc1F. The first-order valence-corrected chi connectivity index (χ1v) is 7.38. The number of hydrogen-bond donors (Lipinski definition) is 1. The average molecular weight is 287 g/mol. The smallest absolute Gasteiger partial charge is 0.127 e. The van der Waals surface area contributed by atoms with Crippen LogP contribution in [0.25, 0.3) is 0 Å². The molecule has 0 aliphatic carbocycles. The quantitative estimate of drug-likeness (QED) is 0.769. The molecule has 1 atom stereocenters. The third kappa shape index (κ3) is 4.57. The Bertz CT molecular complexity index is 571. The van der Waals surface area contributed by atoms with Gasteiger partial charge in [0.25, 0.3) is 0 Å². The molecule has 2 aromatic carbocycles. The monoisotopic (exact) mass is 287 g/mol. The third-order valence-electron chi connectivity index (χ3n) is 3.44. The van der Waals surface area contributed by atoms with Crippen LogP contribution < -0.4 is 10.1 Å². The van der Waals surface area contributed by atoms with Gasteiger partial charge in [-0.3, -0.25) is 0 Å². The van der Waals surface area contributed by atoms with Gasteiger partial charge in [-0.1, -0.05) is 37.3 Å². The number of ether oxygens (including phenoxy) is 1. The molecule has 0 bridgehead atoms. The largest absolute Gasteiger partial charge is 0.492 e. The van der Waals surface area contributed by atoms with Crippen LogP contribution in [0, 0.1) is 12.7 Å². The first-order valence-electron chi connectivity index (χ1n) is 7.38. The van der Waals surface area contributed by atoms with Gasteiger partial charge in [0.05, 0.1) is 0 Å². The Labute approximate surface area is 126 Å².